The summed E-state index contributed by atoms with van der Waals surface area (Å²) in [5.41, 5.74) is 5.93. The lowest BCUT2D eigenvalue weighted by Crippen LogP contribution is -2.40. The van der Waals surface area contributed by atoms with E-state index in [0.717, 1.165) is 22.7 Å². The van der Waals surface area contributed by atoms with Crippen LogP contribution in [0.4, 0.5) is 0 Å². The van der Waals surface area contributed by atoms with Crippen molar-refractivity contribution in [3.63, 3.8) is 0 Å². The van der Waals surface area contributed by atoms with Gasteiger partial charge in [-0.05, 0) is 44.3 Å². The molecule has 0 amide bonds. The van der Waals surface area contributed by atoms with Crippen molar-refractivity contribution in [2.45, 2.75) is 24.1 Å². The largest absolute Gasteiger partial charge is 0.329 e. The standard InChI is InChI=1S/C12H19ClN2S2/c1-16-9-4-6-15(7-5-9)10(8-14)11-2-3-12(13)17-11/h2-3,9-10H,4-8,14H2,1H3. The van der Waals surface area contributed by atoms with E-state index in [9.17, 15) is 0 Å². The minimum atomic E-state index is 0.357. The molecule has 2 heterocycles. The number of rotatable bonds is 4. The summed E-state index contributed by atoms with van der Waals surface area (Å²) in [4.78, 5) is 3.81. The van der Waals surface area contributed by atoms with E-state index in [1.165, 1.54) is 17.7 Å². The molecule has 0 aromatic carbocycles. The predicted molar refractivity (Wildman–Crippen MR) is 79.2 cm³/mol. The Morgan fingerprint density at radius 1 is 1.53 bits per heavy atom. The maximum Gasteiger partial charge on any atom is 0.0931 e. The fraction of sp³-hybridized carbons (Fsp3) is 0.667. The molecule has 96 valence electrons. The molecule has 1 unspecified atom stereocenters. The van der Waals surface area contributed by atoms with Crippen LogP contribution in [0.5, 0.6) is 0 Å². The molecule has 1 aromatic heterocycles. The first kappa shape index (κ1) is 13.7. The number of nitrogens with two attached hydrogens (primary N) is 1. The number of hydrogen-bond acceptors (Lipinski definition) is 4. The maximum atomic E-state index is 6.00. The van der Waals surface area contributed by atoms with Crippen molar-refractivity contribution in [3.05, 3.63) is 21.3 Å². The van der Waals surface area contributed by atoms with Gasteiger partial charge < -0.3 is 5.73 Å². The molecule has 0 radical (unpaired) electrons. The van der Waals surface area contributed by atoms with Gasteiger partial charge in [-0.15, -0.1) is 11.3 Å². The van der Waals surface area contributed by atoms with Gasteiger partial charge in [0.15, 0.2) is 0 Å². The van der Waals surface area contributed by atoms with Crippen LogP contribution in [0.15, 0.2) is 12.1 Å². The molecule has 5 heteroatoms. The van der Waals surface area contributed by atoms with Crippen LogP contribution in [-0.2, 0) is 0 Å². The molecule has 0 aliphatic carbocycles. The first-order valence-electron chi connectivity index (χ1n) is 5.96. The molecule has 1 atom stereocenters. The van der Waals surface area contributed by atoms with E-state index in [1.54, 1.807) is 11.3 Å². The number of hydrogen-bond donors (Lipinski definition) is 1. The SMILES string of the molecule is CSC1CCN(C(CN)c2ccc(Cl)s2)CC1. The second kappa shape index (κ2) is 6.43. The van der Waals surface area contributed by atoms with Crippen LogP contribution in [0, 0.1) is 0 Å². The quantitative estimate of drug-likeness (QED) is 0.923. The topological polar surface area (TPSA) is 29.3 Å². The van der Waals surface area contributed by atoms with Crippen molar-refractivity contribution in [2.24, 2.45) is 5.73 Å². The minimum absolute atomic E-state index is 0.357. The first-order valence-corrected chi connectivity index (χ1v) is 8.45. The van der Waals surface area contributed by atoms with E-state index in [1.807, 2.05) is 17.8 Å². The molecule has 0 bridgehead atoms. The van der Waals surface area contributed by atoms with Gasteiger partial charge in [0.1, 0.15) is 0 Å². The fourth-order valence-electron chi connectivity index (χ4n) is 2.38. The zero-order chi connectivity index (χ0) is 12.3. The smallest absolute Gasteiger partial charge is 0.0931 e. The van der Waals surface area contributed by atoms with E-state index in [0.29, 0.717) is 12.6 Å². The third-order valence-electron chi connectivity index (χ3n) is 3.40. The molecule has 2 N–H and O–H groups in total. The molecule has 1 saturated heterocycles. The molecular weight excluding hydrogens is 272 g/mol. The summed E-state index contributed by atoms with van der Waals surface area (Å²) < 4.78 is 0.859. The molecule has 0 spiro atoms. The van der Waals surface area contributed by atoms with Crippen molar-refractivity contribution in [2.75, 3.05) is 25.9 Å². The van der Waals surface area contributed by atoms with E-state index < -0.39 is 0 Å². The van der Waals surface area contributed by atoms with Gasteiger partial charge in [0.2, 0.25) is 0 Å². The number of piperidine rings is 1. The Morgan fingerprint density at radius 3 is 2.71 bits per heavy atom. The second-order valence-electron chi connectivity index (χ2n) is 4.36. The summed E-state index contributed by atoms with van der Waals surface area (Å²) >= 11 is 9.65. The van der Waals surface area contributed by atoms with Gasteiger partial charge in [-0.1, -0.05) is 11.6 Å². The first-order chi connectivity index (χ1) is 8.24. The fourth-order valence-corrected chi connectivity index (χ4v) is 4.27. The van der Waals surface area contributed by atoms with Crippen molar-refractivity contribution in [1.29, 1.82) is 0 Å². The number of halogens is 1. The Balaban J connectivity index is 2.00. The van der Waals surface area contributed by atoms with Crippen molar-refractivity contribution < 1.29 is 0 Å². The van der Waals surface area contributed by atoms with Crippen LogP contribution in [0.2, 0.25) is 4.34 Å². The molecule has 2 nitrogen and oxygen atoms in total. The van der Waals surface area contributed by atoms with Crippen LogP contribution in [0.25, 0.3) is 0 Å². The van der Waals surface area contributed by atoms with Gasteiger partial charge in [0.25, 0.3) is 0 Å². The highest BCUT2D eigenvalue weighted by molar-refractivity contribution is 7.99. The average Bonchev–Trinajstić information content (AvgIpc) is 2.78. The van der Waals surface area contributed by atoms with Gasteiger partial charge in [0.05, 0.1) is 10.4 Å². The zero-order valence-corrected chi connectivity index (χ0v) is 12.5. The molecule has 1 aliphatic rings. The highest BCUT2D eigenvalue weighted by Crippen LogP contribution is 2.32. The van der Waals surface area contributed by atoms with Crippen LogP contribution >= 0.6 is 34.7 Å². The maximum absolute atomic E-state index is 6.00. The summed E-state index contributed by atoms with van der Waals surface area (Å²) in [5.74, 6) is 0. The monoisotopic (exact) mass is 290 g/mol. The van der Waals surface area contributed by atoms with E-state index in [4.69, 9.17) is 17.3 Å². The van der Waals surface area contributed by atoms with Gasteiger partial charge >= 0.3 is 0 Å². The highest BCUT2D eigenvalue weighted by Gasteiger charge is 2.25. The van der Waals surface area contributed by atoms with Crippen LogP contribution < -0.4 is 5.73 Å². The Bertz CT molecular complexity index is 348. The third kappa shape index (κ3) is 3.38. The Hall–Kier alpha value is 0.260. The Kier molecular flexibility index (Phi) is 5.18. The van der Waals surface area contributed by atoms with Gasteiger partial charge in [0, 0.05) is 16.7 Å². The lowest BCUT2D eigenvalue weighted by Gasteiger charge is -2.36. The summed E-state index contributed by atoms with van der Waals surface area (Å²) in [6.07, 6.45) is 4.76. The second-order valence-corrected chi connectivity index (χ2v) is 7.25. The van der Waals surface area contributed by atoms with Gasteiger partial charge in [-0.2, -0.15) is 11.8 Å². The van der Waals surface area contributed by atoms with Crippen LogP contribution in [0.1, 0.15) is 23.8 Å². The Labute approximate surface area is 117 Å². The Morgan fingerprint density at radius 2 is 2.24 bits per heavy atom. The third-order valence-corrected chi connectivity index (χ3v) is 5.87. The van der Waals surface area contributed by atoms with Crippen LogP contribution in [-0.4, -0.2) is 36.0 Å². The molecule has 1 aromatic rings. The van der Waals surface area contributed by atoms with E-state index in [-0.39, 0.29) is 0 Å². The molecular formula is C12H19ClN2S2. The lowest BCUT2D eigenvalue weighted by molar-refractivity contribution is 0.173. The average molecular weight is 291 g/mol. The molecule has 17 heavy (non-hydrogen) atoms. The van der Waals surface area contributed by atoms with Crippen LogP contribution in [0.3, 0.4) is 0 Å². The van der Waals surface area contributed by atoms with E-state index in [2.05, 4.69) is 17.2 Å². The van der Waals surface area contributed by atoms with Crippen molar-refractivity contribution in [1.82, 2.24) is 4.90 Å². The molecule has 1 aliphatic heterocycles. The number of nitrogens with zero attached hydrogens (tertiary/aromatic N) is 1. The molecule has 0 saturated carbocycles. The summed E-state index contributed by atoms with van der Waals surface area (Å²) in [6, 6.07) is 4.44. The zero-order valence-electron chi connectivity index (χ0n) is 10.1. The summed E-state index contributed by atoms with van der Waals surface area (Å²) in [6.45, 7) is 2.99. The van der Waals surface area contributed by atoms with Gasteiger partial charge in [-0.25, -0.2) is 0 Å². The highest BCUT2D eigenvalue weighted by atomic mass is 35.5. The minimum Gasteiger partial charge on any atom is -0.329 e. The lowest BCUT2D eigenvalue weighted by atomic mass is 10.1. The molecule has 1 fully saturated rings. The summed E-state index contributed by atoms with van der Waals surface area (Å²) in [7, 11) is 0. The number of thioether (sulfide) groups is 1. The van der Waals surface area contributed by atoms with Crippen molar-refractivity contribution >= 4 is 34.7 Å². The normalized spacial score (nSPS) is 20.6. The van der Waals surface area contributed by atoms with E-state index >= 15 is 0 Å². The van der Waals surface area contributed by atoms with Gasteiger partial charge in [-0.3, -0.25) is 4.90 Å². The number of thiophene rings is 1. The summed E-state index contributed by atoms with van der Waals surface area (Å²) in [5, 5.41) is 0.830. The predicted octanol–water partition coefficient (Wildman–Crippen LogP) is 3.23. The number of likely N-dealkylation sites (tertiary alicyclic amines) is 1. The van der Waals surface area contributed by atoms with Crippen molar-refractivity contribution in [3.8, 4) is 0 Å². The molecule has 2 rings (SSSR count).